The molecule has 2 N–H and O–H groups in total. The molecular weight excluding hydrogens is 274 g/mol. The van der Waals surface area contributed by atoms with Crippen LogP contribution in [0.25, 0.3) is 0 Å². The van der Waals surface area contributed by atoms with Gasteiger partial charge in [-0.15, -0.1) is 0 Å². The standard InChI is InChI=1S/C18H27N3O/c1-13(2)19-18(22)20-16-8-5-9-21(12-16)17-10-14-6-3-4-7-15(14)11-17/h3-4,6-7,13,16-17H,5,8-12H2,1-2H3,(H2,19,20,22)/t16-/m0/s1. The molecule has 0 aromatic heterocycles. The minimum atomic E-state index is -0.0310. The molecule has 2 amide bonds. The number of piperidine rings is 1. The number of amides is 2. The van der Waals surface area contributed by atoms with Gasteiger partial charge < -0.3 is 10.6 Å². The largest absolute Gasteiger partial charge is 0.336 e. The third kappa shape index (κ3) is 3.61. The van der Waals surface area contributed by atoms with Gasteiger partial charge in [0.1, 0.15) is 0 Å². The number of urea groups is 1. The lowest BCUT2D eigenvalue weighted by molar-refractivity contribution is 0.141. The highest BCUT2D eigenvalue weighted by Gasteiger charge is 2.30. The van der Waals surface area contributed by atoms with E-state index < -0.39 is 0 Å². The van der Waals surface area contributed by atoms with Crippen LogP contribution in [-0.2, 0) is 12.8 Å². The first kappa shape index (κ1) is 15.3. The van der Waals surface area contributed by atoms with Crippen molar-refractivity contribution in [1.29, 1.82) is 0 Å². The van der Waals surface area contributed by atoms with Gasteiger partial charge in [0.15, 0.2) is 0 Å². The summed E-state index contributed by atoms with van der Waals surface area (Å²) >= 11 is 0. The summed E-state index contributed by atoms with van der Waals surface area (Å²) in [6.45, 7) is 6.11. The molecule has 4 heteroatoms. The molecule has 0 bridgehead atoms. The van der Waals surface area contributed by atoms with Gasteiger partial charge >= 0.3 is 6.03 Å². The molecule has 1 aliphatic heterocycles. The fourth-order valence-electron chi connectivity index (χ4n) is 3.74. The number of rotatable bonds is 3. The number of likely N-dealkylation sites (tertiary alicyclic amines) is 1. The van der Waals surface area contributed by atoms with Crippen molar-refractivity contribution < 1.29 is 4.79 Å². The van der Waals surface area contributed by atoms with Crippen LogP contribution in [0, 0.1) is 0 Å². The Labute approximate surface area is 133 Å². The van der Waals surface area contributed by atoms with Crippen molar-refractivity contribution in [2.45, 2.75) is 57.7 Å². The molecular formula is C18H27N3O. The quantitative estimate of drug-likeness (QED) is 0.900. The highest BCUT2D eigenvalue weighted by atomic mass is 16.2. The van der Waals surface area contributed by atoms with E-state index in [2.05, 4.69) is 39.8 Å². The lowest BCUT2D eigenvalue weighted by atomic mass is 10.0. The molecule has 1 fully saturated rings. The van der Waals surface area contributed by atoms with Crippen molar-refractivity contribution in [3.05, 3.63) is 35.4 Å². The van der Waals surface area contributed by atoms with E-state index in [0.29, 0.717) is 6.04 Å². The predicted molar refractivity (Wildman–Crippen MR) is 89.0 cm³/mol. The third-order valence-corrected chi connectivity index (χ3v) is 4.75. The summed E-state index contributed by atoms with van der Waals surface area (Å²) in [6, 6.07) is 9.82. The van der Waals surface area contributed by atoms with Crippen molar-refractivity contribution in [2.75, 3.05) is 13.1 Å². The summed E-state index contributed by atoms with van der Waals surface area (Å²) in [6.07, 6.45) is 4.56. The van der Waals surface area contributed by atoms with Gasteiger partial charge in [-0.3, -0.25) is 4.90 Å². The van der Waals surface area contributed by atoms with Crippen LogP contribution in [0.5, 0.6) is 0 Å². The van der Waals surface area contributed by atoms with Crippen LogP contribution in [0.2, 0.25) is 0 Å². The molecule has 1 atom stereocenters. The number of hydrogen-bond acceptors (Lipinski definition) is 2. The average molecular weight is 301 g/mol. The van der Waals surface area contributed by atoms with E-state index in [1.54, 1.807) is 0 Å². The Bertz CT molecular complexity index is 504. The van der Waals surface area contributed by atoms with E-state index in [-0.39, 0.29) is 18.1 Å². The predicted octanol–water partition coefficient (Wildman–Crippen LogP) is 2.33. The number of nitrogens with zero attached hydrogens (tertiary/aromatic N) is 1. The molecule has 2 aliphatic rings. The zero-order valence-corrected chi connectivity index (χ0v) is 13.6. The number of carbonyl (C=O) groups is 1. The number of nitrogens with one attached hydrogen (secondary N) is 2. The highest BCUT2D eigenvalue weighted by Crippen LogP contribution is 2.27. The maximum atomic E-state index is 11.9. The molecule has 1 saturated heterocycles. The zero-order valence-electron chi connectivity index (χ0n) is 13.6. The van der Waals surface area contributed by atoms with E-state index in [1.807, 2.05) is 13.8 Å². The van der Waals surface area contributed by atoms with Crippen molar-refractivity contribution in [3.8, 4) is 0 Å². The SMILES string of the molecule is CC(C)NC(=O)N[C@H]1CCCN(C2Cc3ccccc3C2)C1. The Balaban J connectivity index is 1.54. The van der Waals surface area contributed by atoms with E-state index >= 15 is 0 Å². The summed E-state index contributed by atoms with van der Waals surface area (Å²) in [5, 5.41) is 6.05. The zero-order chi connectivity index (χ0) is 15.5. The van der Waals surface area contributed by atoms with Gasteiger partial charge in [0.25, 0.3) is 0 Å². The molecule has 120 valence electrons. The van der Waals surface area contributed by atoms with Crippen LogP contribution in [-0.4, -0.2) is 42.1 Å². The smallest absolute Gasteiger partial charge is 0.315 e. The first-order valence-electron chi connectivity index (χ1n) is 8.49. The molecule has 1 aliphatic carbocycles. The van der Waals surface area contributed by atoms with Gasteiger partial charge in [-0.25, -0.2) is 4.79 Å². The van der Waals surface area contributed by atoms with Gasteiger partial charge in [-0.1, -0.05) is 24.3 Å². The van der Waals surface area contributed by atoms with Crippen molar-refractivity contribution in [3.63, 3.8) is 0 Å². The minimum absolute atomic E-state index is 0.0310. The number of hydrogen-bond donors (Lipinski definition) is 2. The van der Waals surface area contributed by atoms with Crippen LogP contribution in [0.15, 0.2) is 24.3 Å². The van der Waals surface area contributed by atoms with E-state index in [9.17, 15) is 4.79 Å². The molecule has 1 heterocycles. The minimum Gasteiger partial charge on any atom is -0.336 e. The normalized spacial score (nSPS) is 22.6. The number of fused-ring (bicyclic) bond motifs is 1. The van der Waals surface area contributed by atoms with Crippen LogP contribution in [0.4, 0.5) is 4.79 Å². The summed E-state index contributed by atoms with van der Waals surface area (Å²) in [5.41, 5.74) is 3.00. The third-order valence-electron chi connectivity index (χ3n) is 4.75. The number of carbonyl (C=O) groups excluding carboxylic acids is 1. The summed E-state index contributed by atoms with van der Waals surface area (Å²) < 4.78 is 0. The van der Waals surface area contributed by atoms with E-state index in [1.165, 1.54) is 17.5 Å². The van der Waals surface area contributed by atoms with Gasteiger partial charge in [-0.2, -0.15) is 0 Å². The van der Waals surface area contributed by atoms with E-state index in [4.69, 9.17) is 0 Å². The van der Waals surface area contributed by atoms with Gasteiger partial charge in [0.05, 0.1) is 0 Å². The summed E-state index contributed by atoms with van der Waals surface area (Å²) in [4.78, 5) is 14.5. The maximum Gasteiger partial charge on any atom is 0.315 e. The molecule has 0 spiro atoms. The Hall–Kier alpha value is -1.55. The van der Waals surface area contributed by atoms with Crippen LogP contribution in [0.3, 0.4) is 0 Å². The summed E-state index contributed by atoms with van der Waals surface area (Å²) in [5.74, 6) is 0. The molecule has 0 saturated carbocycles. The second-order valence-corrected chi connectivity index (χ2v) is 6.94. The van der Waals surface area contributed by atoms with Crippen LogP contribution in [0.1, 0.15) is 37.8 Å². The second kappa shape index (κ2) is 6.69. The molecule has 0 unspecified atom stereocenters. The monoisotopic (exact) mass is 301 g/mol. The molecule has 0 radical (unpaired) electrons. The van der Waals surface area contributed by atoms with Crippen molar-refractivity contribution in [1.82, 2.24) is 15.5 Å². The molecule has 22 heavy (non-hydrogen) atoms. The molecule has 3 rings (SSSR count). The lowest BCUT2D eigenvalue weighted by Crippen LogP contribution is -2.53. The van der Waals surface area contributed by atoms with Crippen LogP contribution < -0.4 is 10.6 Å². The first-order valence-corrected chi connectivity index (χ1v) is 8.49. The Morgan fingerprint density at radius 3 is 2.55 bits per heavy atom. The topological polar surface area (TPSA) is 44.4 Å². The fourth-order valence-corrected chi connectivity index (χ4v) is 3.74. The fraction of sp³-hybridized carbons (Fsp3) is 0.611. The van der Waals surface area contributed by atoms with Gasteiger partial charge in [0.2, 0.25) is 0 Å². The Kier molecular flexibility index (Phi) is 4.67. The molecule has 4 nitrogen and oxygen atoms in total. The van der Waals surface area contributed by atoms with Gasteiger partial charge in [0, 0.05) is 24.7 Å². The first-order chi connectivity index (χ1) is 10.6. The maximum absolute atomic E-state index is 11.9. The molecule has 1 aromatic rings. The second-order valence-electron chi connectivity index (χ2n) is 6.94. The summed E-state index contributed by atoms with van der Waals surface area (Å²) in [7, 11) is 0. The van der Waals surface area contributed by atoms with Crippen molar-refractivity contribution >= 4 is 6.03 Å². The van der Waals surface area contributed by atoms with Gasteiger partial charge in [-0.05, 0) is 57.2 Å². The Morgan fingerprint density at radius 1 is 1.23 bits per heavy atom. The van der Waals surface area contributed by atoms with E-state index in [0.717, 1.165) is 32.4 Å². The average Bonchev–Trinajstić information content (AvgIpc) is 2.90. The Morgan fingerprint density at radius 2 is 1.91 bits per heavy atom. The van der Waals surface area contributed by atoms with Crippen molar-refractivity contribution in [2.24, 2.45) is 0 Å². The number of benzene rings is 1. The highest BCUT2D eigenvalue weighted by molar-refractivity contribution is 5.74. The molecule has 1 aromatic carbocycles. The lowest BCUT2D eigenvalue weighted by Gasteiger charge is -2.37. The van der Waals surface area contributed by atoms with Crippen LogP contribution >= 0.6 is 0 Å².